The van der Waals surface area contributed by atoms with Gasteiger partial charge in [0, 0.05) is 13.1 Å². The van der Waals surface area contributed by atoms with Gasteiger partial charge in [0.05, 0.1) is 21.9 Å². The summed E-state index contributed by atoms with van der Waals surface area (Å²) in [7, 11) is 0. The van der Waals surface area contributed by atoms with Crippen molar-refractivity contribution < 1.29 is 14.7 Å². The highest BCUT2D eigenvalue weighted by Gasteiger charge is 2.84. The third kappa shape index (κ3) is 3.53. The predicted molar refractivity (Wildman–Crippen MR) is 132 cm³/mol. The summed E-state index contributed by atoms with van der Waals surface area (Å²) >= 11 is 40.5. The van der Waals surface area contributed by atoms with Crippen LogP contribution in [-0.2, 0) is 9.59 Å². The van der Waals surface area contributed by atoms with E-state index in [0.29, 0.717) is 13.1 Å². The summed E-state index contributed by atoms with van der Waals surface area (Å²) in [6, 6.07) is 0. The second kappa shape index (κ2) is 9.47. The molecule has 32 heavy (non-hydrogen) atoms. The van der Waals surface area contributed by atoms with Crippen LogP contribution in [0.4, 0.5) is 0 Å². The van der Waals surface area contributed by atoms with E-state index in [1.807, 2.05) is 0 Å². The lowest BCUT2D eigenvalue weighted by atomic mass is 9.58. The predicted octanol–water partition coefficient (Wildman–Crippen LogP) is 6.85. The zero-order chi connectivity index (χ0) is 24.2. The van der Waals surface area contributed by atoms with Gasteiger partial charge in [0.25, 0.3) is 0 Å². The van der Waals surface area contributed by atoms with E-state index in [-0.39, 0.29) is 22.4 Å². The molecule has 1 N–H and O–H groups in total. The van der Waals surface area contributed by atoms with Crippen molar-refractivity contribution in [3.05, 3.63) is 10.1 Å². The highest BCUT2D eigenvalue weighted by Crippen LogP contribution is 2.79. The summed E-state index contributed by atoms with van der Waals surface area (Å²) in [6.07, 6.45) is 3.75. The molecule has 4 nitrogen and oxygen atoms in total. The first kappa shape index (κ1) is 27.0. The molecule has 0 aliphatic heterocycles. The van der Waals surface area contributed by atoms with Crippen LogP contribution in [0.3, 0.4) is 0 Å². The molecular formula is C22H29Cl6NO3. The van der Waals surface area contributed by atoms with Gasteiger partial charge in [-0.1, -0.05) is 80.0 Å². The van der Waals surface area contributed by atoms with E-state index in [9.17, 15) is 14.7 Å². The molecule has 1 amide bonds. The number of carbonyl (C=O) groups excluding carboxylic acids is 1. The van der Waals surface area contributed by atoms with E-state index < -0.39 is 49.6 Å². The normalized spacial score (nSPS) is 39.8. The summed E-state index contributed by atoms with van der Waals surface area (Å²) in [6.45, 7) is 7.06. The number of carboxylic acids is 1. The number of hydrogen-bond acceptors (Lipinski definition) is 2. The Morgan fingerprint density at radius 1 is 1.00 bits per heavy atom. The maximum atomic E-state index is 13.7. The molecule has 0 spiro atoms. The van der Waals surface area contributed by atoms with Crippen molar-refractivity contribution in [2.45, 2.75) is 67.0 Å². The van der Waals surface area contributed by atoms with Crippen molar-refractivity contribution in [1.29, 1.82) is 0 Å². The van der Waals surface area contributed by atoms with Gasteiger partial charge in [0.15, 0.2) is 4.33 Å². The molecule has 3 aliphatic carbocycles. The van der Waals surface area contributed by atoms with E-state index in [1.165, 1.54) is 0 Å². The Labute approximate surface area is 219 Å². The van der Waals surface area contributed by atoms with Gasteiger partial charge < -0.3 is 10.0 Å². The first-order valence-electron chi connectivity index (χ1n) is 11.2. The number of allylic oxidation sites excluding steroid dienone is 2. The van der Waals surface area contributed by atoms with Gasteiger partial charge in [-0.2, -0.15) is 0 Å². The molecule has 3 rings (SSSR count). The maximum absolute atomic E-state index is 13.7. The van der Waals surface area contributed by atoms with Crippen LogP contribution in [0.1, 0.15) is 52.9 Å². The molecule has 0 aromatic rings. The lowest BCUT2D eigenvalue weighted by Gasteiger charge is -2.49. The number of hydrogen-bond donors (Lipinski definition) is 1. The summed E-state index contributed by atoms with van der Waals surface area (Å²) in [5.74, 6) is -4.54. The van der Waals surface area contributed by atoms with Gasteiger partial charge in [-0.3, -0.25) is 9.59 Å². The van der Waals surface area contributed by atoms with E-state index in [4.69, 9.17) is 69.6 Å². The number of carboxylic acid groups (broad SMARTS) is 1. The minimum Gasteiger partial charge on any atom is -0.481 e. The van der Waals surface area contributed by atoms with Crippen LogP contribution in [0.25, 0.3) is 0 Å². The third-order valence-corrected chi connectivity index (χ3v) is 12.0. The molecule has 0 heterocycles. The standard InChI is InChI=1S/C22H29Cl6NO3/c1-4-6-8-29(9-7-5-2)18(30)12-10-13-15(11(3)14(12)19(31)32)21(26)17(24)16(23)20(13,25)22(21,27)28/h11-15H,4-10H2,1-3H3,(H,31,32). The Hall–Kier alpha value is 0.420. The highest BCUT2D eigenvalue weighted by molar-refractivity contribution is 6.65. The molecule has 7 unspecified atom stereocenters. The fraction of sp³-hybridized carbons (Fsp3) is 0.818. The average molecular weight is 568 g/mol. The van der Waals surface area contributed by atoms with Crippen LogP contribution in [0, 0.1) is 29.6 Å². The smallest absolute Gasteiger partial charge is 0.307 e. The molecule has 3 aliphatic rings. The Bertz CT molecular complexity index is 811. The monoisotopic (exact) mass is 565 g/mol. The lowest BCUT2D eigenvalue weighted by Crippen LogP contribution is -2.54. The van der Waals surface area contributed by atoms with Crippen molar-refractivity contribution in [3.63, 3.8) is 0 Å². The molecule has 0 saturated heterocycles. The molecule has 2 saturated carbocycles. The van der Waals surface area contributed by atoms with Crippen LogP contribution in [0.2, 0.25) is 0 Å². The van der Waals surface area contributed by atoms with E-state index in [0.717, 1.165) is 25.7 Å². The van der Waals surface area contributed by atoms with Crippen molar-refractivity contribution in [2.24, 2.45) is 29.6 Å². The Morgan fingerprint density at radius 2 is 1.50 bits per heavy atom. The van der Waals surface area contributed by atoms with Gasteiger partial charge in [-0.25, -0.2) is 0 Å². The number of amides is 1. The zero-order valence-electron chi connectivity index (χ0n) is 18.3. The van der Waals surface area contributed by atoms with Gasteiger partial charge in [-0.05, 0) is 37.0 Å². The second-order valence-corrected chi connectivity index (χ2v) is 12.6. The number of nitrogens with zero attached hydrogens (tertiary/aromatic N) is 1. The summed E-state index contributed by atoms with van der Waals surface area (Å²) in [5.41, 5.74) is 0. The van der Waals surface area contributed by atoms with E-state index in [1.54, 1.807) is 11.8 Å². The van der Waals surface area contributed by atoms with E-state index >= 15 is 0 Å². The van der Waals surface area contributed by atoms with Gasteiger partial charge in [0.2, 0.25) is 5.91 Å². The number of carbonyl (C=O) groups is 2. The second-order valence-electron chi connectivity index (χ2n) is 9.36. The number of unbranched alkanes of at least 4 members (excludes halogenated alkanes) is 2. The van der Waals surface area contributed by atoms with Crippen molar-refractivity contribution >= 4 is 81.5 Å². The molecule has 7 atom stereocenters. The zero-order valence-corrected chi connectivity index (χ0v) is 22.9. The first-order chi connectivity index (χ1) is 14.8. The van der Waals surface area contributed by atoms with Crippen LogP contribution in [0.5, 0.6) is 0 Å². The van der Waals surface area contributed by atoms with Crippen LogP contribution >= 0.6 is 69.6 Å². The molecule has 10 heteroatoms. The molecule has 182 valence electrons. The minimum atomic E-state index is -1.74. The Morgan fingerprint density at radius 3 is 1.97 bits per heavy atom. The SMILES string of the molecule is CCCCN(CCCC)C(=O)C1CC2C(C(C)C1C(=O)O)C1(Cl)C(Cl)=C(Cl)C2(Cl)C1(Cl)Cl. The molecule has 0 aromatic carbocycles. The van der Waals surface area contributed by atoms with Crippen molar-refractivity contribution in [2.75, 3.05) is 13.1 Å². The molecule has 2 bridgehead atoms. The maximum Gasteiger partial charge on any atom is 0.307 e. The third-order valence-electron chi connectivity index (χ3n) is 7.70. The fourth-order valence-corrected chi connectivity index (χ4v) is 9.26. The van der Waals surface area contributed by atoms with Crippen molar-refractivity contribution in [3.8, 4) is 0 Å². The van der Waals surface area contributed by atoms with Crippen LogP contribution < -0.4 is 0 Å². The quantitative estimate of drug-likeness (QED) is 0.326. The minimum absolute atomic E-state index is 0.0652. The first-order valence-corrected chi connectivity index (χ1v) is 13.4. The molecule has 2 fully saturated rings. The molecule has 0 radical (unpaired) electrons. The average Bonchev–Trinajstić information content (AvgIpc) is 2.93. The number of rotatable bonds is 8. The van der Waals surface area contributed by atoms with Gasteiger partial charge in [0.1, 0.15) is 9.75 Å². The fourth-order valence-electron chi connectivity index (χ4n) is 6.10. The summed E-state index contributed by atoms with van der Waals surface area (Å²) in [4.78, 5) is 24.9. The number of aliphatic carboxylic acids is 1. The summed E-state index contributed by atoms with van der Waals surface area (Å²) in [5, 5.41) is 10.3. The van der Waals surface area contributed by atoms with E-state index in [2.05, 4.69) is 13.8 Å². The topological polar surface area (TPSA) is 57.6 Å². The van der Waals surface area contributed by atoms with Gasteiger partial charge in [-0.15, -0.1) is 23.2 Å². The number of halogens is 6. The Kier molecular flexibility index (Phi) is 7.99. The van der Waals surface area contributed by atoms with Gasteiger partial charge >= 0.3 is 5.97 Å². The lowest BCUT2D eigenvalue weighted by molar-refractivity contribution is -0.158. The van der Waals surface area contributed by atoms with Crippen LogP contribution in [0.15, 0.2) is 10.1 Å². The molecule has 0 aromatic heterocycles. The van der Waals surface area contributed by atoms with Crippen LogP contribution in [-0.4, -0.2) is 49.1 Å². The number of fused-ring (bicyclic) bond motifs is 5. The largest absolute Gasteiger partial charge is 0.481 e. The Balaban J connectivity index is 2.05. The highest BCUT2D eigenvalue weighted by atomic mass is 35.5. The molecular weight excluding hydrogens is 539 g/mol. The number of alkyl halides is 4. The summed E-state index contributed by atoms with van der Waals surface area (Å²) < 4.78 is -1.74. The van der Waals surface area contributed by atoms with Crippen molar-refractivity contribution in [1.82, 2.24) is 4.90 Å².